The molecule has 2 aromatic heterocycles. The van der Waals surface area contributed by atoms with E-state index >= 15 is 0 Å². The Kier molecular flexibility index (Phi) is 6.78. The van der Waals surface area contributed by atoms with Gasteiger partial charge in [-0.25, -0.2) is 15.0 Å². The highest BCUT2D eigenvalue weighted by atomic mass is 15.0. The first kappa shape index (κ1) is 29.0. The van der Waals surface area contributed by atoms with Gasteiger partial charge in [0, 0.05) is 33.0 Å². The van der Waals surface area contributed by atoms with Crippen LogP contribution in [0, 0.1) is 0 Å². The lowest BCUT2D eigenvalue weighted by Crippen LogP contribution is -2.02. The van der Waals surface area contributed by atoms with Crippen molar-refractivity contribution in [2.24, 2.45) is 0 Å². The van der Waals surface area contributed by atoms with Crippen molar-refractivity contribution in [1.82, 2.24) is 19.5 Å². The van der Waals surface area contributed by atoms with Crippen LogP contribution in [0.15, 0.2) is 182 Å². The standard InChI is InChI=1S/C47H30N4/c1-4-14-31(15-5-1)39-25-24-38(47-49-45(32-16-6-2-7-17-32)48-46(50-47)33-18-8-3-9-19-33)30-42(39)51-43-28-36-22-12-10-20-34(36)26-40(43)41-27-35-21-11-13-23-37(35)29-44(41)51/h1-30H. The van der Waals surface area contributed by atoms with Crippen molar-refractivity contribution in [3.8, 4) is 51.0 Å². The molecule has 4 nitrogen and oxygen atoms in total. The van der Waals surface area contributed by atoms with Crippen LogP contribution in [0.5, 0.6) is 0 Å². The van der Waals surface area contributed by atoms with Crippen molar-refractivity contribution >= 4 is 43.4 Å². The zero-order valence-corrected chi connectivity index (χ0v) is 27.6. The van der Waals surface area contributed by atoms with Crippen LogP contribution in [0.25, 0.3) is 94.3 Å². The number of fused-ring (bicyclic) bond motifs is 5. The van der Waals surface area contributed by atoms with E-state index in [1.165, 1.54) is 32.3 Å². The minimum Gasteiger partial charge on any atom is -0.309 e. The van der Waals surface area contributed by atoms with Gasteiger partial charge in [-0.05, 0) is 57.4 Å². The lowest BCUT2D eigenvalue weighted by Gasteiger charge is -2.17. The molecule has 0 saturated heterocycles. The first-order chi connectivity index (χ1) is 25.3. The van der Waals surface area contributed by atoms with Crippen LogP contribution in [0.2, 0.25) is 0 Å². The maximum atomic E-state index is 5.10. The second kappa shape index (κ2) is 11.9. The average molecular weight is 651 g/mol. The fraction of sp³-hybridized carbons (Fsp3) is 0. The summed E-state index contributed by atoms with van der Waals surface area (Å²) in [5.41, 5.74) is 8.44. The van der Waals surface area contributed by atoms with Crippen LogP contribution < -0.4 is 0 Å². The summed E-state index contributed by atoms with van der Waals surface area (Å²) in [6, 6.07) is 64.1. The fourth-order valence-electron chi connectivity index (χ4n) is 7.30. The molecule has 0 aliphatic rings. The Morgan fingerprint density at radius 2 is 0.706 bits per heavy atom. The Bertz CT molecular complexity index is 2740. The van der Waals surface area contributed by atoms with Crippen molar-refractivity contribution in [3.63, 3.8) is 0 Å². The van der Waals surface area contributed by atoms with Crippen LogP contribution in [-0.2, 0) is 0 Å². The Morgan fingerprint density at radius 1 is 0.314 bits per heavy atom. The van der Waals surface area contributed by atoms with Crippen molar-refractivity contribution in [2.45, 2.75) is 0 Å². The molecular weight excluding hydrogens is 621 g/mol. The quantitative estimate of drug-likeness (QED) is 0.186. The van der Waals surface area contributed by atoms with E-state index in [0.29, 0.717) is 17.5 Å². The molecule has 0 fully saturated rings. The molecule has 0 aliphatic heterocycles. The smallest absolute Gasteiger partial charge is 0.164 e. The minimum atomic E-state index is 0.625. The highest BCUT2D eigenvalue weighted by Gasteiger charge is 2.20. The second-order valence-corrected chi connectivity index (χ2v) is 12.9. The summed E-state index contributed by atoms with van der Waals surface area (Å²) in [7, 11) is 0. The molecule has 0 N–H and O–H groups in total. The summed E-state index contributed by atoms with van der Waals surface area (Å²) >= 11 is 0. The van der Waals surface area contributed by atoms with E-state index < -0.39 is 0 Å². The Labute approximate surface area is 295 Å². The van der Waals surface area contributed by atoms with Gasteiger partial charge in [0.2, 0.25) is 0 Å². The first-order valence-corrected chi connectivity index (χ1v) is 17.2. The molecule has 51 heavy (non-hydrogen) atoms. The monoisotopic (exact) mass is 650 g/mol. The zero-order chi connectivity index (χ0) is 33.7. The van der Waals surface area contributed by atoms with Crippen LogP contribution >= 0.6 is 0 Å². The molecule has 0 unspecified atom stereocenters. The molecule has 0 bridgehead atoms. The van der Waals surface area contributed by atoms with Gasteiger partial charge in [-0.3, -0.25) is 0 Å². The van der Waals surface area contributed by atoms with Gasteiger partial charge in [-0.2, -0.15) is 0 Å². The van der Waals surface area contributed by atoms with E-state index in [1.54, 1.807) is 0 Å². The zero-order valence-electron chi connectivity index (χ0n) is 27.6. The maximum Gasteiger partial charge on any atom is 0.164 e. The molecule has 238 valence electrons. The van der Waals surface area contributed by atoms with Gasteiger partial charge in [-0.1, -0.05) is 152 Å². The molecule has 0 amide bonds. The van der Waals surface area contributed by atoms with Crippen LogP contribution in [-0.4, -0.2) is 19.5 Å². The molecule has 8 aromatic carbocycles. The predicted molar refractivity (Wildman–Crippen MR) is 211 cm³/mol. The van der Waals surface area contributed by atoms with Crippen molar-refractivity contribution < 1.29 is 0 Å². The molecule has 0 atom stereocenters. The van der Waals surface area contributed by atoms with E-state index in [2.05, 4.69) is 126 Å². The minimum absolute atomic E-state index is 0.625. The Hall–Kier alpha value is -6.91. The first-order valence-electron chi connectivity index (χ1n) is 17.2. The Balaban J connectivity index is 1.30. The van der Waals surface area contributed by atoms with E-state index in [4.69, 9.17) is 15.0 Å². The number of rotatable bonds is 5. The third-order valence-electron chi connectivity index (χ3n) is 9.78. The summed E-state index contributed by atoms with van der Waals surface area (Å²) in [5.74, 6) is 1.91. The predicted octanol–water partition coefficient (Wildman–Crippen LogP) is 11.9. The summed E-state index contributed by atoms with van der Waals surface area (Å²) in [6.45, 7) is 0. The Morgan fingerprint density at radius 3 is 1.18 bits per heavy atom. The van der Waals surface area contributed by atoms with E-state index in [0.717, 1.165) is 44.5 Å². The number of hydrogen-bond donors (Lipinski definition) is 0. The summed E-state index contributed by atoms with van der Waals surface area (Å²) in [5, 5.41) is 7.29. The molecular formula is C47H30N4. The SMILES string of the molecule is c1ccc(-c2nc(-c3ccccc3)nc(-c3ccc(-c4ccccc4)c(-n4c5cc6ccccc6cc5c5cc6ccccc6cc54)c3)n2)cc1. The van der Waals surface area contributed by atoms with Crippen LogP contribution in [0.4, 0.5) is 0 Å². The van der Waals surface area contributed by atoms with E-state index in [9.17, 15) is 0 Å². The van der Waals surface area contributed by atoms with E-state index in [-0.39, 0.29) is 0 Å². The highest BCUT2D eigenvalue weighted by Crippen LogP contribution is 2.41. The van der Waals surface area contributed by atoms with E-state index in [1.807, 2.05) is 60.7 Å². The topological polar surface area (TPSA) is 43.6 Å². The molecule has 0 saturated carbocycles. The molecule has 0 radical (unpaired) electrons. The lowest BCUT2D eigenvalue weighted by molar-refractivity contribution is 1.07. The van der Waals surface area contributed by atoms with Gasteiger partial charge in [-0.15, -0.1) is 0 Å². The lowest BCUT2D eigenvalue weighted by atomic mass is 10.0. The van der Waals surface area contributed by atoms with Crippen LogP contribution in [0.1, 0.15) is 0 Å². The van der Waals surface area contributed by atoms with Gasteiger partial charge >= 0.3 is 0 Å². The maximum absolute atomic E-state index is 5.10. The number of aromatic nitrogens is 4. The van der Waals surface area contributed by atoms with Gasteiger partial charge < -0.3 is 4.57 Å². The molecule has 0 aliphatic carbocycles. The molecule has 10 aromatic rings. The van der Waals surface area contributed by atoms with Crippen molar-refractivity contribution in [1.29, 1.82) is 0 Å². The average Bonchev–Trinajstić information content (AvgIpc) is 3.51. The number of hydrogen-bond acceptors (Lipinski definition) is 3. The number of benzene rings is 8. The number of nitrogens with zero attached hydrogens (tertiary/aromatic N) is 4. The van der Waals surface area contributed by atoms with Gasteiger partial charge in [0.1, 0.15) is 0 Å². The summed E-state index contributed by atoms with van der Waals surface area (Å²) in [4.78, 5) is 15.1. The second-order valence-electron chi connectivity index (χ2n) is 12.9. The fourth-order valence-corrected chi connectivity index (χ4v) is 7.30. The molecule has 10 rings (SSSR count). The normalized spacial score (nSPS) is 11.5. The van der Waals surface area contributed by atoms with Gasteiger partial charge in [0.15, 0.2) is 17.5 Å². The summed E-state index contributed by atoms with van der Waals surface area (Å²) in [6.07, 6.45) is 0. The van der Waals surface area contributed by atoms with Crippen molar-refractivity contribution in [3.05, 3.63) is 182 Å². The third-order valence-corrected chi connectivity index (χ3v) is 9.78. The van der Waals surface area contributed by atoms with Crippen LogP contribution in [0.3, 0.4) is 0 Å². The van der Waals surface area contributed by atoms with Crippen molar-refractivity contribution in [2.75, 3.05) is 0 Å². The third kappa shape index (κ3) is 5.04. The molecule has 0 spiro atoms. The molecule has 2 heterocycles. The highest BCUT2D eigenvalue weighted by molar-refractivity contribution is 6.17. The van der Waals surface area contributed by atoms with Gasteiger partial charge in [0.25, 0.3) is 0 Å². The largest absolute Gasteiger partial charge is 0.309 e. The van der Waals surface area contributed by atoms with Gasteiger partial charge in [0.05, 0.1) is 16.7 Å². The molecule has 4 heteroatoms. The summed E-state index contributed by atoms with van der Waals surface area (Å²) < 4.78 is 2.44.